The lowest BCUT2D eigenvalue weighted by Gasteiger charge is -2.48. The maximum Gasteiger partial charge on any atom is 0.236 e. The van der Waals surface area contributed by atoms with Gasteiger partial charge in [0, 0.05) is 26.2 Å². The lowest BCUT2D eigenvalue weighted by atomic mass is 9.65. The largest absolute Gasteiger partial charge is 0.343 e. The summed E-state index contributed by atoms with van der Waals surface area (Å²) in [6, 6.07) is 0.497. The Morgan fingerprint density at radius 1 is 1.29 bits per heavy atom. The van der Waals surface area contributed by atoms with Crippen molar-refractivity contribution in [3.05, 3.63) is 0 Å². The summed E-state index contributed by atoms with van der Waals surface area (Å²) in [6.07, 6.45) is 4.94. The summed E-state index contributed by atoms with van der Waals surface area (Å²) in [6.45, 7) is 10.3. The maximum absolute atomic E-state index is 12.0. The number of nitrogens with two attached hydrogens (primary N) is 1. The molecule has 0 radical (unpaired) electrons. The van der Waals surface area contributed by atoms with E-state index in [9.17, 15) is 4.79 Å². The van der Waals surface area contributed by atoms with Crippen LogP contribution in [0.3, 0.4) is 0 Å². The monoisotopic (exact) mass is 295 g/mol. The molecule has 122 valence electrons. The molecule has 1 aliphatic carbocycles. The molecule has 0 aromatic rings. The van der Waals surface area contributed by atoms with Gasteiger partial charge in [0.25, 0.3) is 0 Å². The van der Waals surface area contributed by atoms with E-state index >= 15 is 0 Å². The van der Waals surface area contributed by atoms with E-state index in [1.165, 1.54) is 25.7 Å². The van der Waals surface area contributed by atoms with Gasteiger partial charge in [-0.3, -0.25) is 9.69 Å². The van der Waals surface area contributed by atoms with Gasteiger partial charge in [-0.2, -0.15) is 0 Å². The van der Waals surface area contributed by atoms with Crippen LogP contribution in [-0.4, -0.2) is 55.0 Å². The number of nitrogens with zero attached hydrogens (tertiary/aromatic N) is 2. The number of hydrogen-bond donors (Lipinski definition) is 1. The molecule has 0 aromatic carbocycles. The Labute approximate surface area is 130 Å². The van der Waals surface area contributed by atoms with Crippen molar-refractivity contribution in [2.45, 2.75) is 52.5 Å². The average molecular weight is 295 g/mol. The molecule has 1 amide bonds. The SMILES string of the molecule is CCC(C)(C)C1CCC(CN)C(N2CCN(C)C(=O)C2)C1. The van der Waals surface area contributed by atoms with Crippen LogP contribution in [0, 0.1) is 17.3 Å². The van der Waals surface area contributed by atoms with Crippen LogP contribution in [0.1, 0.15) is 46.5 Å². The number of carbonyl (C=O) groups is 1. The Bertz CT molecular complexity index is 369. The summed E-state index contributed by atoms with van der Waals surface area (Å²) < 4.78 is 0. The fourth-order valence-corrected chi connectivity index (χ4v) is 3.99. The van der Waals surface area contributed by atoms with Crippen molar-refractivity contribution in [2.24, 2.45) is 23.0 Å². The van der Waals surface area contributed by atoms with Gasteiger partial charge in [-0.25, -0.2) is 0 Å². The van der Waals surface area contributed by atoms with Crippen LogP contribution in [-0.2, 0) is 4.79 Å². The number of amides is 1. The standard InChI is InChI=1S/C17H33N3O/c1-5-17(2,3)14-7-6-13(11-18)15(10-14)20-9-8-19(4)16(21)12-20/h13-15H,5-12,18H2,1-4H3. The van der Waals surface area contributed by atoms with Crippen molar-refractivity contribution >= 4 is 5.91 Å². The van der Waals surface area contributed by atoms with Gasteiger partial charge < -0.3 is 10.6 Å². The first kappa shape index (κ1) is 16.8. The lowest BCUT2D eigenvalue weighted by Crippen LogP contribution is -2.56. The number of likely N-dealkylation sites (N-methyl/N-ethyl adjacent to an activating group) is 1. The molecule has 4 nitrogen and oxygen atoms in total. The van der Waals surface area contributed by atoms with Crippen LogP contribution in [0.5, 0.6) is 0 Å². The molecule has 1 heterocycles. The van der Waals surface area contributed by atoms with Crippen LogP contribution in [0.15, 0.2) is 0 Å². The fourth-order valence-electron chi connectivity index (χ4n) is 3.99. The van der Waals surface area contributed by atoms with Crippen molar-refractivity contribution in [1.29, 1.82) is 0 Å². The highest BCUT2D eigenvalue weighted by atomic mass is 16.2. The summed E-state index contributed by atoms with van der Waals surface area (Å²) in [5.74, 6) is 1.57. The zero-order valence-corrected chi connectivity index (χ0v) is 14.3. The van der Waals surface area contributed by atoms with Crippen molar-refractivity contribution in [1.82, 2.24) is 9.80 Å². The minimum absolute atomic E-state index is 0.258. The molecule has 2 rings (SSSR count). The predicted octanol–water partition coefficient (Wildman–Crippen LogP) is 1.94. The molecule has 1 aliphatic heterocycles. The molecule has 0 bridgehead atoms. The van der Waals surface area contributed by atoms with Gasteiger partial charge >= 0.3 is 0 Å². The Balaban J connectivity index is 2.08. The Hall–Kier alpha value is -0.610. The summed E-state index contributed by atoms with van der Waals surface area (Å²) in [7, 11) is 1.91. The molecule has 4 heteroatoms. The second-order valence-corrected chi connectivity index (χ2v) is 7.70. The second kappa shape index (κ2) is 6.66. The van der Waals surface area contributed by atoms with Crippen LogP contribution in [0.25, 0.3) is 0 Å². The summed E-state index contributed by atoms with van der Waals surface area (Å²) in [4.78, 5) is 16.3. The van der Waals surface area contributed by atoms with E-state index in [2.05, 4.69) is 25.7 Å². The van der Waals surface area contributed by atoms with E-state index < -0.39 is 0 Å². The fraction of sp³-hybridized carbons (Fsp3) is 0.941. The highest BCUT2D eigenvalue weighted by Gasteiger charge is 2.40. The van der Waals surface area contributed by atoms with E-state index in [0.29, 0.717) is 23.9 Å². The minimum Gasteiger partial charge on any atom is -0.343 e. The number of piperazine rings is 1. The number of carbonyl (C=O) groups excluding carboxylic acids is 1. The quantitative estimate of drug-likeness (QED) is 0.862. The van der Waals surface area contributed by atoms with E-state index in [4.69, 9.17) is 5.73 Å². The molecule has 0 spiro atoms. The maximum atomic E-state index is 12.0. The molecular formula is C17H33N3O. The highest BCUT2D eigenvalue weighted by Crippen LogP contribution is 2.43. The highest BCUT2D eigenvalue weighted by molar-refractivity contribution is 5.78. The van der Waals surface area contributed by atoms with Crippen LogP contribution in [0.4, 0.5) is 0 Å². The third-order valence-electron chi connectivity index (χ3n) is 6.23. The predicted molar refractivity (Wildman–Crippen MR) is 87.0 cm³/mol. The van der Waals surface area contributed by atoms with Gasteiger partial charge in [-0.1, -0.05) is 27.2 Å². The van der Waals surface area contributed by atoms with E-state index in [1.54, 1.807) is 0 Å². The lowest BCUT2D eigenvalue weighted by molar-refractivity contribution is -0.136. The molecule has 2 aliphatic rings. The van der Waals surface area contributed by atoms with E-state index in [1.807, 2.05) is 11.9 Å². The Kier molecular flexibility index (Phi) is 5.31. The van der Waals surface area contributed by atoms with Gasteiger partial charge in [0.15, 0.2) is 0 Å². The summed E-state index contributed by atoms with van der Waals surface area (Å²) >= 11 is 0. The third kappa shape index (κ3) is 3.59. The molecular weight excluding hydrogens is 262 g/mol. The van der Waals surface area contributed by atoms with Crippen LogP contribution in [0.2, 0.25) is 0 Å². The van der Waals surface area contributed by atoms with Crippen molar-refractivity contribution in [2.75, 3.05) is 33.2 Å². The van der Waals surface area contributed by atoms with Crippen LogP contribution >= 0.6 is 0 Å². The number of rotatable bonds is 4. The zero-order valence-electron chi connectivity index (χ0n) is 14.3. The summed E-state index contributed by atoms with van der Waals surface area (Å²) in [5, 5.41) is 0. The minimum atomic E-state index is 0.258. The van der Waals surface area contributed by atoms with Crippen molar-refractivity contribution < 1.29 is 4.79 Å². The third-order valence-corrected chi connectivity index (χ3v) is 6.23. The van der Waals surface area contributed by atoms with Crippen molar-refractivity contribution in [3.63, 3.8) is 0 Å². The van der Waals surface area contributed by atoms with E-state index in [0.717, 1.165) is 25.6 Å². The Morgan fingerprint density at radius 3 is 2.57 bits per heavy atom. The second-order valence-electron chi connectivity index (χ2n) is 7.70. The molecule has 21 heavy (non-hydrogen) atoms. The molecule has 1 saturated carbocycles. The summed E-state index contributed by atoms with van der Waals surface area (Å²) in [5.41, 5.74) is 6.42. The zero-order chi connectivity index (χ0) is 15.6. The first-order chi connectivity index (χ1) is 9.89. The smallest absolute Gasteiger partial charge is 0.236 e. The van der Waals surface area contributed by atoms with Gasteiger partial charge in [-0.05, 0) is 43.1 Å². The van der Waals surface area contributed by atoms with Gasteiger partial charge in [0.05, 0.1) is 6.54 Å². The van der Waals surface area contributed by atoms with Crippen LogP contribution < -0.4 is 5.73 Å². The van der Waals surface area contributed by atoms with Crippen molar-refractivity contribution in [3.8, 4) is 0 Å². The molecule has 0 aromatic heterocycles. The first-order valence-electron chi connectivity index (χ1n) is 8.57. The topological polar surface area (TPSA) is 49.6 Å². The average Bonchev–Trinajstić information content (AvgIpc) is 2.49. The van der Waals surface area contributed by atoms with Gasteiger partial charge in [0.2, 0.25) is 5.91 Å². The molecule has 2 N–H and O–H groups in total. The molecule has 3 unspecified atom stereocenters. The Morgan fingerprint density at radius 2 is 2.00 bits per heavy atom. The number of hydrogen-bond acceptors (Lipinski definition) is 3. The normalized spacial score (nSPS) is 32.5. The van der Waals surface area contributed by atoms with Gasteiger partial charge in [-0.15, -0.1) is 0 Å². The van der Waals surface area contributed by atoms with E-state index in [-0.39, 0.29) is 5.91 Å². The molecule has 3 atom stereocenters. The molecule has 2 fully saturated rings. The van der Waals surface area contributed by atoms with Gasteiger partial charge in [0.1, 0.15) is 0 Å². The first-order valence-corrected chi connectivity index (χ1v) is 8.57. The molecule has 1 saturated heterocycles.